The highest BCUT2D eigenvalue weighted by Crippen LogP contribution is 2.07. The van der Waals surface area contributed by atoms with Gasteiger partial charge in [-0.05, 0) is 20.8 Å². The van der Waals surface area contributed by atoms with Crippen molar-refractivity contribution >= 4 is 0 Å². The number of hydrogen-bond acceptors (Lipinski definition) is 3. The van der Waals surface area contributed by atoms with Crippen LogP contribution in [0.4, 0.5) is 0 Å². The van der Waals surface area contributed by atoms with Crippen LogP contribution in [0.5, 0.6) is 0 Å². The Hall–Kier alpha value is -0.830. The van der Waals surface area contributed by atoms with Crippen LogP contribution in [0, 0.1) is 13.8 Å². The Kier molecular flexibility index (Phi) is 18.2. The van der Waals surface area contributed by atoms with Crippen molar-refractivity contribution in [3.05, 3.63) is 17.3 Å². The molecule has 3 nitrogen and oxygen atoms in total. The lowest BCUT2D eigenvalue weighted by Crippen LogP contribution is -1.77. The summed E-state index contributed by atoms with van der Waals surface area (Å²) in [5.41, 5.74) is 1.01. The molecule has 0 unspecified atom stereocenters. The van der Waals surface area contributed by atoms with Crippen molar-refractivity contribution in [3.63, 3.8) is 0 Å². The van der Waals surface area contributed by atoms with E-state index in [-0.39, 0.29) is 7.43 Å². The molecule has 0 N–H and O–H groups in total. The lowest BCUT2D eigenvalue weighted by atomic mass is 10.4. The molecule has 0 bridgehead atoms. The summed E-state index contributed by atoms with van der Waals surface area (Å²) >= 11 is 0. The van der Waals surface area contributed by atoms with Gasteiger partial charge in [-0.15, -0.1) is 0 Å². The first kappa shape index (κ1) is 20.6. The van der Waals surface area contributed by atoms with Crippen molar-refractivity contribution in [2.24, 2.45) is 0 Å². The van der Waals surface area contributed by atoms with Crippen LogP contribution in [-0.2, 0) is 11.2 Å². The monoisotopic (exact) mass is 231 g/mol. The Morgan fingerprint density at radius 3 is 1.75 bits per heavy atom. The fourth-order valence-corrected chi connectivity index (χ4v) is 0.690. The molecule has 16 heavy (non-hydrogen) atoms. The van der Waals surface area contributed by atoms with E-state index in [0.29, 0.717) is 0 Å². The zero-order valence-corrected chi connectivity index (χ0v) is 11.2. The molecule has 3 heteroatoms. The average Bonchev–Trinajstić information content (AvgIpc) is 2.62. The van der Waals surface area contributed by atoms with Gasteiger partial charge in [-0.2, -0.15) is 0 Å². The third-order valence-electron chi connectivity index (χ3n) is 1.66. The lowest BCUT2D eigenvalue weighted by Gasteiger charge is -1.80. The number of methoxy groups -OCH3 is 1. The SMILES string of the molecule is C.CC.CCOC.CCc1nc(C)c(C)o1. The second kappa shape index (κ2) is 14.2. The quantitative estimate of drug-likeness (QED) is 0.766. The number of hydrogen-bond donors (Lipinski definition) is 0. The molecule has 1 aromatic heterocycles. The summed E-state index contributed by atoms with van der Waals surface area (Å²) in [6.45, 7) is 12.7. The fraction of sp³-hybridized carbons (Fsp3) is 0.769. The van der Waals surface area contributed by atoms with E-state index >= 15 is 0 Å². The summed E-state index contributed by atoms with van der Waals surface area (Å²) in [7, 11) is 1.68. The minimum Gasteiger partial charge on any atom is -0.446 e. The van der Waals surface area contributed by atoms with Gasteiger partial charge in [0.05, 0.1) is 5.69 Å². The van der Waals surface area contributed by atoms with Gasteiger partial charge in [-0.1, -0.05) is 28.2 Å². The maximum Gasteiger partial charge on any atom is 0.194 e. The molecule has 98 valence electrons. The Morgan fingerprint density at radius 2 is 1.62 bits per heavy atom. The molecular formula is C13H29NO2. The molecule has 0 radical (unpaired) electrons. The second-order valence-corrected chi connectivity index (χ2v) is 2.68. The maximum atomic E-state index is 5.25. The number of nitrogens with zero attached hydrogens (tertiary/aromatic N) is 1. The summed E-state index contributed by atoms with van der Waals surface area (Å²) in [5, 5.41) is 0. The van der Waals surface area contributed by atoms with Gasteiger partial charge < -0.3 is 9.15 Å². The largest absolute Gasteiger partial charge is 0.446 e. The van der Waals surface area contributed by atoms with E-state index in [1.165, 1.54) is 0 Å². The minimum atomic E-state index is 0. The highest BCUT2D eigenvalue weighted by atomic mass is 16.5. The number of aromatic nitrogens is 1. The molecule has 0 atom stereocenters. The Balaban J connectivity index is -0.000000209. The Morgan fingerprint density at radius 1 is 1.19 bits per heavy atom. The van der Waals surface area contributed by atoms with E-state index in [0.717, 1.165) is 30.4 Å². The third kappa shape index (κ3) is 9.71. The zero-order chi connectivity index (χ0) is 12.3. The number of rotatable bonds is 2. The standard InChI is InChI=1S/C7H11NO.C3H8O.C2H6.CH4/c1-4-7-8-5(2)6(3)9-7;1-3-4-2;1-2;/h4H2,1-3H3;3H2,1-2H3;1-2H3;1H4. The summed E-state index contributed by atoms with van der Waals surface area (Å²) in [4.78, 5) is 4.16. The number of oxazole rings is 1. The van der Waals surface area contributed by atoms with E-state index < -0.39 is 0 Å². The van der Waals surface area contributed by atoms with Crippen molar-refractivity contribution in [2.75, 3.05) is 13.7 Å². The van der Waals surface area contributed by atoms with E-state index in [9.17, 15) is 0 Å². The van der Waals surface area contributed by atoms with Crippen molar-refractivity contribution < 1.29 is 9.15 Å². The molecule has 0 aromatic carbocycles. The van der Waals surface area contributed by atoms with Gasteiger partial charge in [0.15, 0.2) is 5.89 Å². The smallest absolute Gasteiger partial charge is 0.194 e. The van der Waals surface area contributed by atoms with Crippen LogP contribution in [0.1, 0.15) is 52.5 Å². The first-order valence-electron chi connectivity index (χ1n) is 5.57. The molecule has 1 aromatic rings. The van der Waals surface area contributed by atoms with Gasteiger partial charge in [0.25, 0.3) is 0 Å². The van der Waals surface area contributed by atoms with Crippen molar-refractivity contribution in [2.45, 2.75) is 55.4 Å². The molecule has 1 heterocycles. The molecule has 0 aliphatic carbocycles. The maximum absolute atomic E-state index is 5.25. The molecule has 0 amide bonds. The Bertz CT molecular complexity index is 210. The van der Waals surface area contributed by atoms with Gasteiger partial charge in [0, 0.05) is 20.1 Å². The van der Waals surface area contributed by atoms with Crippen LogP contribution >= 0.6 is 0 Å². The van der Waals surface area contributed by atoms with Crippen LogP contribution in [-0.4, -0.2) is 18.7 Å². The van der Waals surface area contributed by atoms with Gasteiger partial charge in [-0.25, -0.2) is 4.98 Å². The van der Waals surface area contributed by atoms with E-state index in [4.69, 9.17) is 4.42 Å². The number of aryl methyl sites for hydroxylation is 3. The van der Waals surface area contributed by atoms with E-state index in [2.05, 4.69) is 9.72 Å². The van der Waals surface area contributed by atoms with Crippen LogP contribution in [0.2, 0.25) is 0 Å². The summed E-state index contributed by atoms with van der Waals surface area (Å²) in [5.74, 6) is 1.77. The van der Waals surface area contributed by atoms with Crippen molar-refractivity contribution in [1.82, 2.24) is 4.98 Å². The molecule has 1 rings (SSSR count). The van der Waals surface area contributed by atoms with Crippen LogP contribution in [0.25, 0.3) is 0 Å². The molecule has 0 saturated heterocycles. The van der Waals surface area contributed by atoms with Crippen molar-refractivity contribution in [3.8, 4) is 0 Å². The normalized spacial score (nSPS) is 7.94. The highest BCUT2D eigenvalue weighted by Gasteiger charge is 2.00. The highest BCUT2D eigenvalue weighted by molar-refractivity contribution is 5.04. The first-order valence-corrected chi connectivity index (χ1v) is 5.57. The van der Waals surface area contributed by atoms with Crippen LogP contribution in [0.15, 0.2) is 4.42 Å². The average molecular weight is 231 g/mol. The zero-order valence-electron chi connectivity index (χ0n) is 11.2. The topological polar surface area (TPSA) is 35.3 Å². The van der Waals surface area contributed by atoms with Gasteiger partial charge in [0.2, 0.25) is 0 Å². The van der Waals surface area contributed by atoms with Crippen molar-refractivity contribution in [1.29, 1.82) is 0 Å². The van der Waals surface area contributed by atoms with E-state index in [1.54, 1.807) is 7.11 Å². The molecule has 0 aliphatic heterocycles. The van der Waals surface area contributed by atoms with Crippen LogP contribution in [0.3, 0.4) is 0 Å². The first-order chi connectivity index (χ1) is 7.15. The predicted molar refractivity (Wildman–Crippen MR) is 71.0 cm³/mol. The third-order valence-corrected chi connectivity index (χ3v) is 1.66. The van der Waals surface area contributed by atoms with Crippen LogP contribution < -0.4 is 0 Å². The molecular weight excluding hydrogens is 202 g/mol. The van der Waals surface area contributed by atoms with Gasteiger partial charge >= 0.3 is 0 Å². The summed E-state index contributed by atoms with van der Waals surface area (Å²) < 4.78 is 9.79. The predicted octanol–water partition coefficient (Wildman–Crippen LogP) is 4.17. The van der Waals surface area contributed by atoms with Gasteiger partial charge in [-0.3, -0.25) is 0 Å². The lowest BCUT2D eigenvalue weighted by molar-refractivity contribution is 0.215. The summed E-state index contributed by atoms with van der Waals surface area (Å²) in [6, 6.07) is 0. The molecule has 0 saturated carbocycles. The second-order valence-electron chi connectivity index (χ2n) is 2.68. The molecule has 0 spiro atoms. The Labute approximate surface area is 101 Å². The number of ether oxygens (including phenoxy) is 1. The molecule has 0 fully saturated rings. The van der Waals surface area contributed by atoms with E-state index in [1.807, 2.05) is 41.5 Å². The summed E-state index contributed by atoms with van der Waals surface area (Å²) in [6.07, 6.45) is 0.884. The fourth-order valence-electron chi connectivity index (χ4n) is 0.690. The van der Waals surface area contributed by atoms with Gasteiger partial charge in [0.1, 0.15) is 5.76 Å². The minimum absolute atomic E-state index is 0. The molecule has 0 aliphatic rings.